The van der Waals surface area contributed by atoms with Gasteiger partial charge in [-0.1, -0.05) is 89.8 Å². The third kappa shape index (κ3) is 14.7. The lowest BCUT2D eigenvalue weighted by Gasteiger charge is -1.98. The van der Waals surface area contributed by atoms with Crippen LogP contribution in [0.4, 0.5) is 10.5 Å². The number of nitrogens with one attached hydrogen (secondary N) is 1. The summed E-state index contributed by atoms with van der Waals surface area (Å²) >= 11 is 0. The number of carboxylic acid groups (broad SMARTS) is 1. The smallest absolute Gasteiger partial charge is 0.409 e. The van der Waals surface area contributed by atoms with Gasteiger partial charge >= 0.3 is 6.09 Å². The number of amides is 1. The van der Waals surface area contributed by atoms with E-state index >= 15 is 0 Å². The van der Waals surface area contributed by atoms with Gasteiger partial charge in [0.25, 0.3) is 0 Å². The summed E-state index contributed by atoms with van der Waals surface area (Å²) in [6.45, 7) is 4.55. The molecule has 1 amide bonds. The van der Waals surface area contributed by atoms with Crippen LogP contribution in [-0.2, 0) is 0 Å². The normalized spacial score (nSPS) is 9.62. The molecule has 0 heterocycles. The van der Waals surface area contributed by atoms with E-state index < -0.39 is 6.09 Å². The highest BCUT2D eigenvalue weighted by Gasteiger charge is 1.93. The van der Waals surface area contributed by atoms with Gasteiger partial charge < -0.3 is 5.11 Å². The number of benzene rings is 1. The number of hydrogen-bond donors (Lipinski definition) is 2. The predicted octanol–water partition coefficient (Wildman–Crippen LogP) is 6.31. The Kier molecular flexibility index (Phi) is 13.8. The molecule has 0 bridgehead atoms. The van der Waals surface area contributed by atoms with Crippen LogP contribution >= 0.6 is 0 Å². The van der Waals surface area contributed by atoms with Gasteiger partial charge in [0.1, 0.15) is 0 Å². The molecule has 3 heteroatoms. The van der Waals surface area contributed by atoms with Crippen molar-refractivity contribution in [2.75, 3.05) is 5.32 Å². The Labute approximate surface area is 129 Å². The topological polar surface area (TPSA) is 49.3 Å². The van der Waals surface area contributed by atoms with Gasteiger partial charge in [-0.15, -0.1) is 0 Å². The number of unbranched alkanes of at least 4 members (excludes halogenated alkanes) is 8. The van der Waals surface area contributed by atoms with Gasteiger partial charge in [-0.25, -0.2) is 4.79 Å². The molecular weight excluding hydrogens is 262 g/mol. The minimum absolute atomic E-state index is 0.593. The number of carbonyl (C=O) groups is 1. The lowest BCUT2D eigenvalue weighted by atomic mass is 10.1. The van der Waals surface area contributed by atoms with E-state index in [-0.39, 0.29) is 0 Å². The van der Waals surface area contributed by atoms with Crippen LogP contribution in [0.25, 0.3) is 0 Å². The van der Waals surface area contributed by atoms with E-state index in [1.807, 2.05) is 6.07 Å². The lowest BCUT2D eigenvalue weighted by Crippen LogP contribution is -2.06. The summed E-state index contributed by atoms with van der Waals surface area (Å²) in [4.78, 5) is 10.1. The molecule has 0 aliphatic heterocycles. The van der Waals surface area contributed by atoms with Crippen LogP contribution in [0.2, 0.25) is 0 Å². The van der Waals surface area contributed by atoms with E-state index in [1.165, 1.54) is 57.8 Å². The third-order valence-electron chi connectivity index (χ3n) is 3.23. The first-order valence-corrected chi connectivity index (χ1v) is 8.25. The Balaban J connectivity index is 0.000000382. The summed E-state index contributed by atoms with van der Waals surface area (Å²) in [6.07, 6.45) is 11.9. The molecule has 3 nitrogen and oxygen atoms in total. The number of hydrogen-bond acceptors (Lipinski definition) is 1. The van der Waals surface area contributed by atoms with Crippen molar-refractivity contribution in [2.24, 2.45) is 0 Å². The van der Waals surface area contributed by atoms with E-state index in [4.69, 9.17) is 5.11 Å². The Morgan fingerprint density at radius 1 is 0.857 bits per heavy atom. The molecular formula is C18H31NO2. The molecule has 21 heavy (non-hydrogen) atoms. The van der Waals surface area contributed by atoms with E-state index in [0.717, 1.165) is 0 Å². The van der Waals surface area contributed by atoms with Gasteiger partial charge in [-0.2, -0.15) is 0 Å². The molecule has 0 saturated carbocycles. The highest BCUT2D eigenvalue weighted by atomic mass is 16.4. The molecule has 1 rings (SSSR count). The van der Waals surface area contributed by atoms with E-state index in [2.05, 4.69) is 19.2 Å². The Hall–Kier alpha value is -1.51. The summed E-state index contributed by atoms with van der Waals surface area (Å²) in [7, 11) is 0. The number of anilines is 1. The van der Waals surface area contributed by atoms with Crippen molar-refractivity contribution in [1.29, 1.82) is 0 Å². The number of rotatable bonds is 9. The van der Waals surface area contributed by atoms with E-state index in [9.17, 15) is 4.79 Å². The summed E-state index contributed by atoms with van der Waals surface area (Å²) in [5.41, 5.74) is 0.593. The fourth-order valence-electron chi connectivity index (χ4n) is 2.03. The molecule has 0 spiro atoms. The van der Waals surface area contributed by atoms with E-state index in [1.54, 1.807) is 24.3 Å². The monoisotopic (exact) mass is 293 g/mol. The minimum Gasteiger partial charge on any atom is -0.465 e. The van der Waals surface area contributed by atoms with Crippen LogP contribution in [0, 0.1) is 0 Å². The van der Waals surface area contributed by atoms with Gasteiger partial charge in [-0.05, 0) is 12.1 Å². The predicted molar refractivity (Wildman–Crippen MR) is 91.0 cm³/mol. The second-order valence-electron chi connectivity index (χ2n) is 5.27. The molecule has 0 aromatic heterocycles. The summed E-state index contributed by atoms with van der Waals surface area (Å²) in [6, 6.07) is 8.74. The zero-order valence-corrected chi connectivity index (χ0v) is 13.6. The summed E-state index contributed by atoms with van der Waals surface area (Å²) < 4.78 is 0. The van der Waals surface area contributed by atoms with Gasteiger partial charge in [0.2, 0.25) is 0 Å². The van der Waals surface area contributed by atoms with Gasteiger partial charge in [-0.3, -0.25) is 5.32 Å². The van der Waals surface area contributed by atoms with Crippen molar-refractivity contribution in [1.82, 2.24) is 0 Å². The van der Waals surface area contributed by atoms with Crippen LogP contribution < -0.4 is 5.32 Å². The Morgan fingerprint density at radius 3 is 1.67 bits per heavy atom. The Bertz CT molecular complexity index is 330. The molecule has 0 fully saturated rings. The number of para-hydroxylation sites is 1. The fourth-order valence-corrected chi connectivity index (χ4v) is 2.03. The maximum atomic E-state index is 10.1. The van der Waals surface area contributed by atoms with Crippen LogP contribution in [0.15, 0.2) is 30.3 Å². The lowest BCUT2D eigenvalue weighted by molar-refractivity contribution is 0.210. The molecule has 120 valence electrons. The molecule has 1 aromatic carbocycles. The van der Waals surface area contributed by atoms with Crippen LogP contribution in [0.3, 0.4) is 0 Å². The second-order valence-corrected chi connectivity index (χ2v) is 5.27. The molecule has 0 unspecified atom stereocenters. The van der Waals surface area contributed by atoms with Crippen molar-refractivity contribution in [3.05, 3.63) is 30.3 Å². The third-order valence-corrected chi connectivity index (χ3v) is 3.23. The summed E-state index contributed by atoms with van der Waals surface area (Å²) in [5, 5.41) is 10.5. The average molecular weight is 293 g/mol. The fraction of sp³-hybridized carbons (Fsp3) is 0.611. The van der Waals surface area contributed by atoms with Crippen LogP contribution in [0.5, 0.6) is 0 Å². The largest absolute Gasteiger partial charge is 0.465 e. The van der Waals surface area contributed by atoms with Crippen molar-refractivity contribution < 1.29 is 9.90 Å². The maximum Gasteiger partial charge on any atom is 0.409 e. The molecule has 0 aliphatic rings. The highest BCUT2D eigenvalue weighted by Crippen LogP contribution is 2.08. The first-order valence-electron chi connectivity index (χ1n) is 8.25. The van der Waals surface area contributed by atoms with Gasteiger partial charge in [0.05, 0.1) is 0 Å². The zero-order valence-electron chi connectivity index (χ0n) is 13.6. The SMILES string of the molecule is CCCCCCCCCCC.O=C(O)Nc1ccccc1. The molecule has 0 atom stereocenters. The molecule has 0 aliphatic carbocycles. The highest BCUT2D eigenvalue weighted by molar-refractivity contribution is 5.82. The molecule has 0 saturated heterocycles. The summed E-state index contributed by atoms with van der Waals surface area (Å²) in [5.74, 6) is 0. The second kappa shape index (κ2) is 14.9. The quantitative estimate of drug-likeness (QED) is 0.524. The molecule has 2 N–H and O–H groups in total. The van der Waals surface area contributed by atoms with Crippen molar-refractivity contribution >= 4 is 11.8 Å². The van der Waals surface area contributed by atoms with Crippen LogP contribution in [-0.4, -0.2) is 11.2 Å². The first kappa shape index (κ1) is 19.5. The van der Waals surface area contributed by atoms with Crippen molar-refractivity contribution in [2.45, 2.75) is 71.6 Å². The standard InChI is InChI=1S/C11H24.C7H7NO2/c1-3-5-7-9-11-10-8-6-4-2;9-7(10)8-6-4-2-1-3-5-6/h3-11H2,1-2H3;1-5,8H,(H,9,10). The molecule has 1 aromatic rings. The Morgan fingerprint density at radius 2 is 1.29 bits per heavy atom. The maximum absolute atomic E-state index is 10.1. The van der Waals surface area contributed by atoms with Gasteiger partial charge in [0.15, 0.2) is 0 Å². The van der Waals surface area contributed by atoms with E-state index in [0.29, 0.717) is 5.69 Å². The van der Waals surface area contributed by atoms with Crippen LogP contribution in [0.1, 0.15) is 71.6 Å². The minimum atomic E-state index is -1.04. The van der Waals surface area contributed by atoms with Gasteiger partial charge in [0, 0.05) is 5.69 Å². The van der Waals surface area contributed by atoms with Crippen molar-refractivity contribution in [3.8, 4) is 0 Å². The molecule has 0 radical (unpaired) electrons. The first-order chi connectivity index (χ1) is 10.2. The average Bonchev–Trinajstić information content (AvgIpc) is 2.47. The van der Waals surface area contributed by atoms with Crippen molar-refractivity contribution in [3.63, 3.8) is 0 Å². The zero-order chi connectivity index (χ0) is 15.8.